The molecule has 0 amide bonds. The van der Waals surface area contributed by atoms with E-state index in [-0.39, 0.29) is 0 Å². The molecule has 2 aromatic carbocycles. The first-order valence-corrected chi connectivity index (χ1v) is 6.87. The van der Waals surface area contributed by atoms with E-state index in [4.69, 9.17) is 15.2 Å². The molecule has 0 aliphatic heterocycles. The summed E-state index contributed by atoms with van der Waals surface area (Å²) in [5, 5.41) is 0. The van der Waals surface area contributed by atoms with E-state index < -0.39 is 5.97 Å². The molecule has 21 heavy (non-hydrogen) atoms. The van der Waals surface area contributed by atoms with Crippen molar-refractivity contribution < 1.29 is 14.3 Å². The van der Waals surface area contributed by atoms with Crippen LogP contribution in [0.2, 0.25) is 0 Å². The molecule has 108 valence electrons. The van der Waals surface area contributed by atoms with Gasteiger partial charge in [0.05, 0.1) is 13.7 Å². The van der Waals surface area contributed by atoms with E-state index in [0.717, 1.165) is 6.42 Å². The highest BCUT2D eigenvalue weighted by Gasteiger charge is 2.26. The summed E-state index contributed by atoms with van der Waals surface area (Å²) in [4.78, 5) is 11.7. The van der Waals surface area contributed by atoms with Crippen molar-refractivity contribution in [1.82, 2.24) is 0 Å². The van der Waals surface area contributed by atoms with Crippen LogP contribution in [0.1, 0.15) is 27.4 Å². The van der Waals surface area contributed by atoms with E-state index >= 15 is 0 Å². The fourth-order valence-corrected chi connectivity index (χ4v) is 2.64. The number of nitrogens with two attached hydrogens (primary N) is 1. The highest BCUT2D eigenvalue weighted by Crippen LogP contribution is 2.35. The number of rotatable bonds is 4. The molecule has 4 heteroatoms. The molecule has 0 heterocycles. The number of ether oxygens (including phenoxy) is 2. The summed E-state index contributed by atoms with van der Waals surface area (Å²) < 4.78 is 10.6. The number of anilines is 1. The first kappa shape index (κ1) is 13.5. The molecule has 1 aliphatic rings. The van der Waals surface area contributed by atoms with Crippen molar-refractivity contribution in [3.63, 3.8) is 0 Å². The maximum Gasteiger partial charge on any atom is 0.341 e. The van der Waals surface area contributed by atoms with Crippen LogP contribution in [-0.4, -0.2) is 19.7 Å². The summed E-state index contributed by atoms with van der Waals surface area (Å²) in [7, 11) is 1.35. The Morgan fingerprint density at radius 2 is 2.10 bits per heavy atom. The first-order chi connectivity index (χ1) is 10.2. The van der Waals surface area contributed by atoms with Gasteiger partial charge in [0.25, 0.3) is 0 Å². The monoisotopic (exact) mass is 283 g/mol. The average molecular weight is 283 g/mol. The van der Waals surface area contributed by atoms with Gasteiger partial charge in [0.2, 0.25) is 0 Å². The molecule has 1 aliphatic carbocycles. The second kappa shape index (κ2) is 5.48. The van der Waals surface area contributed by atoms with Crippen molar-refractivity contribution >= 4 is 11.7 Å². The zero-order valence-corrected chi connectivity index (χ0v) is 11.8. The lowest BCUT2D eigenvalue weighted by atomic mass is 9.78. The normalized spacial score (nSPS) is 15.8. The molecule has 1 atom stereocenters. The summed E-state index contributed by atoms with van der Waals surface area (Å²) in [5.41, 5.74) is 9.42. The van der Waals surface area contributed by atoms with E-state index in [1.54, 1.807) is 18.2 Å². The first-order valence-electron chi connectivity index (χ1n) is 6.87. The molecule has 4 nitrogen and oxygen atoms in total. The number of esters is 1. The van der Waals surface area contributed by atoms with Crippen LogP contribution in [0.4, 0.5) is 5.69 Å². The summed E-state index contributed by atoms with van der Waals surface area (Å²) in [6, 6.07) is 13.3. The maximum atomic E-state index is 11.7. The molecule has 0 saturated heterocycles. The molecule has 0 fully saturated rings. The van der Waals surface area contributed by atoms with Crippen molar-refractivity contribution in [3.05, 3.63) is 59.2 Å². The van der Waals surface area contributed by atoms with Crippen molar-refractivity contribution in [2.75, 3.05) is 19.5 Å². The maximum absolute atomic E-state index is 11.7. The van der Waals surface area contributed by atoms with Crippen LogP contribution in [0.25, 0.3) is 0 Å². The van der Waals surface area contributed by atoms with Gasteiger partial charge in [0, 0.05) is 17.7 Å². The number of hydrogen-bond donors (Lipinski definition) is 1. The van der Waals surface area contributed by atoms with E-state index in [1.807, 2.05) is 12.1 Å². The zero-order valence-electron chi connectivity index (χ0n) is 11.8. The predicted octanol–water partition coefficient (Wildman–Crippen LogP) is 2.77. The van der Waals surface area contributed by atoms with Gasteiger partial charge < -0.3 is 15.2 Å². The molecule has 2 N–H and O–H groups in total. The third-order valence-corrected chi connectivity index (χ3v) is 3.81. The van der Waals surface area contributed by atoms with Crippen LogP contribution in [0.3, 0.4) is 0 Å². The Kier molecular flexibility index (Phi) is 3.52. The summed E-state index contributed by atoms with van der Waals surface area (Å²) >= 11 is 0. The fraction of sp³-hybridized carbons (Fsp3) is 0.235. The van der Waals surface area contributed by atoms with E-state index in [2.05, 4.69) is 12.1 Å². The SMILES string of the molecule is COC(=O)c1ccc(N)cc1OCC1Cc2ccccc21. The molecule has 0 aromatic heterocycles. The van der Waals surface area contributed by atoms with Crippen LogP contribution < -0.4 is 10.5 Å². The van der Waals surface area contributed by atoms with Gasteiger partial charge in [0.1, 0.15) is 11.3 Å². The van der Waals surface area contributed by atoms with Crippen LogP contribution in [-0.2, 0) is 11.2 Å². The summed E-state index contributed by atoms with van der Waals surface area (Å²) in [6.45, 7) is 0.532. The predicted molar refractivity (Wildman–Crippen MR) is 80.6 cm³/mol. The smallest absolute Gasteiger partial charge is 0.341 e. The Balaban J connectivity index is 1.74. The van der Waals surface area contributed by atoms with Gasteiger partial charge in [-0.05, 0) is 29.7 Å². The Morgan fingerprint density at radius 1 is 1.29 bits per heavy atom. The second-order valence-electron chi connectivity index (χ2n) is 5.16. The lowest BCUT2D eigenvalue weighted by Crippen LogP contribution is -2.23. The van der Waals surface area contributed by atoms with E-state index in [0.29, 0.717) is 29.5 Å². The highest BCUT2D eigenvalue weighted by atomic mass is 16.5. The number of hydrogen-bond acceptors (Lipinski definition) is 4. The average Bonchev–Trinajstić information content (AvgIpc) is 2.47. The number of benzene rings is 2. The quantitative estimate of drug-likeness (QED) is 0.692. The molecule has 0 radical (unpaired) electrons. The van der Waals surface area contributed by atoms with E-state index in [1.165, 1.54) is 18.2 Å². The van der Waals surface area contributed by atoms with Crippen LogP contribution >= 0.6 is 0 Å². The standard InChI is InChI=1S/C17H17NO3/c1-20-17(19)15-7-6-13(18)9-16(15)21-10-12-8-11-4-2-3-5-14(11)12/h2-7,9,12H,8,10,18H2,1H3. The third-order valence-electron chi connectivity index (χ3n) is 3.81. The van der Waals surface area contributed by atoms with Crippen molar-refractivity contribution in [2.24, 2.45) is 0 Å². The summed E-state index contributed by atoms with van der Waals surface area (Å²) in [5.74, 6) is 0.429. The fourth-order valence-electron chi connectivity index (χ4n) is 2.64. The molecule has 1 unspecified atom stereocenters. The molecule has 0 bridgehead atoms. The molecule has 0 spiro atoms. The summed E-state index contributed by atoms with van der Waals surface area (Å²) in [6.07, 6.45) is 1.01. The number of carbonyl (C=O) groups is 1. The molecular weight excluding hydrogens is 266 g/mol. The van der Waals surface area contributed by atoms with Crippen LogP contribution in [0.15, 0.2) is 42.5 Å². The highest BCUT2D eigenvalue weighted by molar-refractivity contribution is 5.93. The number of fused-ring (bicyclic) bond motifs is 1. The second-order valence-corrected chi connectivity index (χ2v) is 5.16. The molecule has 2 aromatic rings. The molecular formula is C17H17NO3. The topological polar surface area (TPSA) is 61.5 Å². The Bertz CT molecular complexity index is 681. The number of nitrogen functional groups attached to an aromatic ring is 1. The third kappa shape index (κ3) is 2.57. The number of carbonyl (C=O) groups excluding carboxylic acids is 1. The van der Waals surface area contributed by atoms with Crippen LogP contribution in [0.5, 0.6) is 5.75 Å². The van der Waals surface area contributed by atoms with Crippen LogP contribution in [0, 0.1) is 0 Å². The van der Waals surface area contributed by atoms with E-state index in [9.17, 15) is 4.79 Å². The van der Waals surface area contributed by atoms with Gasteiger partial charge in [-0.15, -0.1) is 0 Å². The van der Waals surface area contributed by atoms with Crippen molar-refractivity contribution in [1.29, 1.82) is 0 Å². The van der Waals surface area contributed by atoms with Gasteiger partial charge in [-0.25, -0.2) is 4.79 Å². The minimum Gasteiger partial charge on any atom is -0.492 e. The van der Waals surface area contributed by atoms with Gasteiger partial charge in [0.15, 0.2) is 0 Å². The van der Waals surface area contributed by atoms with Gasteiger partial charge >= 0.3 is 5.97 Å². The van der Waals surface area contributed by atoms with Crippen molar-refractivity contribution in [2.45, 2.75) is 12.3 Å². The lowest BCUT2D eigenvalue weighted by molar-refractivity contribution is 0.0595. The Labute approximate surface area is 123 Å². The molecule has 0 saturated carbocycles. The van der Waals surface area contributed by atoms with Gasteiger partial charge in [-0.3, -0.25) is 0 Å². The largest absolute Gasteiger partial charge is 0.492 e. The van der Waals surface area contributed by atoms with Crippen molar-refractivity contribution in [3.8, 4) is 5.75 Å². The van der Waals surface area contributed by atoms with Gasteiger partial charge in [-0.2, -0.15) is 0 Å². The van der Waals surface area contributed by atoms with Gasteiger partial charge in [-0.1, -0.05) is 24.3 Å². The Hall–Kier alpha value is -2.49. The minimum absolute atomic E-state index is 0.369. The minimum atomic E-state index is -0.418. The zero-order chi connectivity index (χ0) is 14.8. The molecule has 3 rings (SSSR count). The Morgan fingerprint density at radius 3 is 2.86 bits per heavy atom. The number of methoxy groups -OCH3 is 1. The lowest BCUT2D eigenvalue weighted by Gasteiger charge is -2.30.